The summed E-state index contributed by atoms with van der Waals surface area (Å²) >= 11 is 11.9. The molecule has 0 aliphatic rings. The highest BCUT2D eigenvalue weighted by molar-refractivity contribution is 6.31. The number of likely N-dealkylation sites (N-methyl/N-ethyl adjacent to an activating group) is 1. The number of halogens is 3. The molecule has 1 N–H and O–H groups in total. The minimum atomic E-state index is -0.353. The van der Waals surface area contributed by atoms with Crippen molar-refractivity contribution < 1.29 is 4.39 Å². The van der Waals surface area contributed by atoms with Crippen molar-refractivity contribution in [2.45, 2.75) is 19.4 Å². The van der Waals surface area contributed by atoms with Crippen molar-refractivity contribution in [1.82, 2.24) is 5.32 Å². The summed E-state index contributed by atoms with van der Waals surface area (Å²) in [6.45, 7) is 2.02. The molecular formula is C16H16Cl2FN. The van der Waals surface area contributed by atoms with Crippen molar-refractivity contribution in [3.8, 4) is 0 Å². The molecule has 0 aliphatic carbocycles. The van der Waals surface area contributed by atoms with Gasteiger partial charge in [0.15, 0.2) is 0 Å². The van der Waals surface area contributed by atoms with Gasteiger partial charge in [0, 0.05) is 11.1 Å². The van der Waals surface area contributed by atoms with Gasteiger partial charge in [0.05, 0.1) is 5.02 Å². The van der Waals surface area contributed by atoms with Gasteiger partial charge < -0.3 is 5.32 Å². The smallest absolute Gasteiger partial charge is 0.145 e. The second kappa shape index (κ2) is 6.57. The Kier molecular flexibility index (Phi) is 5.03. The standard InChI is InChI=1S/C16H16Cl2FN/c1-10-6-7-12(17)9-13(10)15(20-2)8-11-4-3-5-14(18)16(11)19/h3-7,9,15,20H,8H2,1-2H3. The van der Waals surface area contributed by atoms with E-state index in [1.807, 2.05) is 32.2 Å². The van der Waals surface area contributed by atoms with Gasteiger partial charge in [-0.3, -0.25) is 0 Å². The van der Waals surface area contributed by atoms with Gasteiger partial charge in [0.1, 0.15) is 5.82 Å². The normalized spacial score (nSPS) is 12.4. The lowest BCUT2D eigenvalue weighted by Gasteiger charge is -2.20. The summed E-state index contributed by atoms with van der Waals surface area (Å²) < 4.78 is 14.0. The number of hydrogen-bond acceptors (Lipinski definition) is 1. The van der Waals surface area contributed by atoms with Crippen LogP contribution in [0.1, 0.15) is 22.7 Å². The molecule has 0 aromatic heterocycles. The van der Waals surface area contributed by atoms with Crippen LogP contribution in [0.4, 0.5) is 4.39 Å². The highest BCUT2D eigenvalue weighted by Gasteiger charge is 2.16. The summed E-state index contributed by atoms with van der Waals surface area (Å²) in [5.74, 6) is -0.353. The first-order chi connectivity index (χ1) is 9.52. The molecule has 1 nitrogen and oxygen atoms in total. The Bertz CT molecular complexity index is 613. The maximum Gasteiger partial charge on any atom is 0.145 e. The number of benzene rings is 2. The Morgan fingerprint density at radius 3 is 2.65 bits per heavy atom. The highest BCUT2D eigenvalue weighted by atomic mass is 35.5. The van der Waals surface area contributed by atoms with Crippen molar-refractivity contribution in [2.75, 3.05) is 7.05 Å². The van der Waals surface area contributed by atoms with E-state index in [1.54, 1.807) is 18.2 Å². The summed E-state index contributed by atoms with van der Waals surface area (Å²) in [4.78, 5) is 0. The molecular weight excluding hydrogens is 296 g/mol. The molecule has 4 heteroatoms. The zero-order valence-electron chi connectivity index (χ0n) is 11.4. The second-order valence-electron chi connectivity index (χ2n) is 4.76. The molecule has 20 heavy (non-hydrogen) atoms. The molecule has 2 rings (SSSR count). The van der Waals surface area contributed by atoms with Crippen molar-refractivity contribution in [1.29, 1.82) is 0 Å². The topological polar surface area (TPSA) is 12.0 Å². The monoisotopic (exact) mass is 311 g/mol. The molecule has 2 aromatic rings. The first-order valence-electron chi connectivity index (χ1n) is 6.39. The zero-order valence-corrected chi connectivity index (χ0v) is 12.9. The summed E-state index contributed by atoms with van der Waals surface area (Å²) in [6.07, 6.45) is 0.518. The number of rotatable bonds is 4. The van der Waals surface area contributed by atoms with Crippen LogP contribution in [0.3, 0.4) is 0 Å². The van der Waals surface area contributed by atoms with Crippen LogP contribution < -0.4 is 5.32 Å². The van der Waals surface area contributed by atoms with E-state index < -0.39 is 0 Å². The average molecular weight is 312 g/mol. The molecule has 0 heterocycles. The Morgan fingerprint density at radius 2 is 1.95 bits per heavy atom. The van der Waals surface area contributed by atoms with Crippen LogP contribution in [0.15, 0.2) is 36.4 Å². The van der Waals surface area contributed by atoms with Gasteiger partial charge in [0.2, 0.25) is 0 Å². The minimum Gasteiger partial charge on any atom is -0.313 e. The van der Waals surface area contributed by atoms with Gasteiger partial charge in [-0.1, -0.05) is 41.4 Å². The molecule has 0 saturated carbocycles. The van der Waals surface area contributed by atoms with Crippen molar-refractivity contribution in [2.24, 2.45) is 0 Å². The molecule has 0 bridgehead atoms. The molecule has 0 radical (unpaired) electrons. The lowest BCUT2D eigenvalue weighted by Crippen LogP contribution is -2.20. The first-order valence-corrected chi connectivity index (χ1v) is 7.14. The second-order valence-corrected chi connectivity index (χ2v) is 5.60. The fourth-order valence-electron chi connectivity index (χ4n) is 2.28. The number of aryl methyl sites for hydroxylation is 1. The van der Waals surface area contributed by atoms with E-state index in [0.29, 0.717) is 17.0 Å². The predicted octanol–water partition coefficient (Wildman–Crippen LogP) is 4.94. The average Bonchev–Trinajstić information content (AvgIpc) is 2.43. The first kappa shape index (κ1) is 15.3. The van der Waals surface area contributed by atoms with Crippen molar-refractivity contribution >= 4 is 23.2 Å². The summed E-state index contributed by atoms with van der Waals surface area (Å²) in [5.41, 5.74) is 2.78. The molecule has 0 spiro atoms. The third kappa shape index (κ3) is 3.32. The fraction of sp³-hybridized carbons (Fsp3) is 0.250. The van der Waals surface area contributed by atoms with E-state index in [2.05, 4.69) is 5.32 Å². The van der Waals surface area contributed by atoms with E-state index in [9.17, 15) is 4.39 Å². The largest absolute Gasteiger partial charge is 0.313 e. The van der Waals surface area contributed by atoms with Gasteiger partial charge in [-0.05, 0) is 55.3 Å². The van der Waals surface area contributed by atoms with Gasteiger partial charge in [-0.15, -0.1) is 0 Å². The quantitative estimate of drug-likeness (QED) is 0.843. The van der Waals surface area contributed by atoms with Crippen LogP contribution in [-0.4, -0.2) is 7.05 Å². The lowest BCUT2D eigenvalue weighted by molar-refractivity contribution is 0.553. The van der Waals surface area contributed by atoms with Crippen LogP contribution in [0, 0.1) is 12.7 Å². The van der Waals surface area contributed by atoms with Crippen molar-refractivity contribution in [3.63, 3.8) is 0 Å². The van der Waals surface area contributed by atoms with Crippen LogP contribution in [0.25, 0.3) is 0 Å². The maximum atomic E-state index is 14.0. The maximum absolute atomic E-state index is 14.0. The van der Waals surface area contributed by atoms with E-state index in [-0.39, 0.29) is 16.9 Å². The fourth-order valence-corrected chi connectivity index (χ4v) is 2.65. The molecule has 0 saturated heterocycles. The molecule has 0 fully saturated rings. The van der Waals surface area contributed by atoms with E-state index in [4.69, 9.17) is 23.2 Å². The molecule has 0 aliphatic heterocycles. The van der Waals surface area contributed by atoms with Crippen LogP contribution in [0.2, 0.25) is 10.0 Å². The van der Waals surface area contributed by atoms with Crippen LogP contribution >= 0.6 is 23.2 Å². The Hall–Kier alpha value is -1.09. The van der Waals surface area contributed by atoms with E-state index in [0.717, 1.165) is 11.1 Å². The molecule has 2 aromatic carbocycles. The summed E-state index contributed by atoms with van der Waals surface area (Å²) in [5, 5.41) is 4.04. The zero-order chi connectivity index (χ0) is 14.7. The Morgan fingerprint density at radius 1 is 1.20 bits per heavy atom. The third-order valence-corrected chi connectivity index (χ3v) is 3.95. The summed E-state index contributed by atoms with van der Waals surface area (Å²) in [6, 6.07) is 10.8. The predicted molar refractivity (Wildman–Crippen MR) is 83.1 cm³/mol. The third-order valence-electron chi connectivity index (χ3n) is 3.42. The van der Waals surface area contributed by atoms with Crippen LogP contribution in [0.5, 0.6) is 0 Å². The van der Waals surface area contributed by atoms with Gasteiger partial charge in [-0.25, -0.2) is 4.39 Å². The number of nitrogens with one attached hydrogen (secondary N) is 1. The molecule has 0 amide bonds. The Labute approximate surface area is 128 Å². The lowest BCUT2D eigenvalue weighted by atomic mass is 9.95. The van der Waals surface area contributed by atoms with Gasteiger partial charge in [-0.2, -0.15) is 0 Å². The minimum absolute atomic E-state index is 0.0123. The van der Waals surface area contributed by atoms with Crippen LogP contribution in [-0.2, 0) is 6.42 Å². The highest BCUT2D eigenvalue weighted by Crippen LogP contribution is 2.27. The van der Waals surface area contributed by atoms with Gasteiger partial charge in [0.25, 0.3) is 0 Å². The van der Waals surface area contributed by atoms with Gasteiger partial charge >= 0.3 is 0 Å². The molecule has 1 atom stereocenters. The summed E-state index contributed by atoms with van der Waals surface area (Å²) in [7, 11) is 1.85. The molecule has 1 unspecified atom stereocenters. The van der Waals surface area contributed by atoms with E-state index in [1.165, 1.54) is 0 Å². The number of hydrogen-bond donors (Lipinski definition) is 1. The Balaban J connectivity index is 2.34. The van der Waals surface area contributed by atoms with E-state index >= 15 is 0 Å². The molecule has 106 valence electrons. The van der Waals surface area contributed by atoms with Crippen molar-refractivity contribution in [3.05, 3.63) is 69.0 Å². The SMILES string of the molecule is CNC(Cc1cccc(Cl)c1F)c1cc(Cl)ccc1C.